The third-order valence-corrected chi connectivity index (χ3v) is 10.2. The van der Waals surface area contributed by atoms with E-state index in [0.29, 0.717) is 53.7 Å². The molecule has 4 aliphatic heterocycles. The minimum absolute atomic E-state index is 0.650. The fourth-order valence-corrected chi connectivity index (χ4v) is 6.68. The van der Waals surface area contributed by atoms with Crippen LogP contribution in [0, 0.1) is 0 Å². The van der Waals surface area contributed by atoms with Gasteiger partial charge < -0.3 is 48.3 Å². The van der Waals surface area contributed by atoms with E-state index in [1.54, 1.807) is 12.4 Å². The molecule has 0 bridgehead atoms. The van der Waals surface area contributed by atoms with E-state index in [0.717, 1.165) is 108 Å². The number of anilines is 4. The molecule has 4 fully saturated rings. The van der Waals surface area contributed by atoms with Crippen molar-refractivity contribution in [1.82, 2.24) is 29.7 Å². The first-order valence-corrected chi connectivity index (χ1v) is 19.3. The van der Waals surface area contributed by atoms with E-state index >= 15 is 0 Å². The molecule has 0 atom stereocenters. The highest BCUT2D eigenvalue weighted by molar-refractivity contribution is 6.30. The Morgan fingerprint density at radius 2 is 0.833 bits per heavy atom. The van der Waals surface area contributed by atoms with Crippen LogP contribution in [0.5, 0.6) is 23.0 Å². The van der Waals surface area contributed by atoms with Crippen molar-refractivity contribution in [2.75, 3.05) is 139 Å². The summed E-state index contributed by atoms with van der Waals surface area (Å²) in [5, 5.41) is 1.36. The van der Waals surface area contributed by atoms with Crippen LogP contribution in [0.15, 0.2) is 60.9 Å². The SMILES string of the molecule is CN1CCN(c2nc(N3CCOCC3)ncc2Oc2ccc(Cl)cc2)CC1.CN1CCN(c2ncc(Oc3ccc(Cl)cc3)c(N3CCOCC3)n2)CC1. The van der Waals surface area contributed by atoms with Gasteiger partial charge >= 0.3 is 0 Å². The summed E-state index contributed by atoms with van der Waals surface area (Å²) in [5.41, 5.74) is 0. The molecule has 2 aromatic carbocycles. The van der Waals surface area contributed by atoms with Gasteiger partial charge in [-0.25, -0.2) is 9.97 Å². The average molecular weight is 780 g/mol. The average Bonchev–Trinajstić information content (AvgIpc) is 3.21. The lowest BCUT2D eigenvalue weighted by molar-refractivity contribution is 0.122. The van der Waals surface area contributed by atoms with Crippen molar-refractivity contribution in [2.45, 2.75) is 0 Å². The Balaban J connectivity index is 0.000000167. The number of hydrogen-bond acceptors (Lipinski definition) is 14. The van der Waals surface area contributed by atoms with E-state index in [1.807, 2.05) is 48.5 Å². The van der Waals surface area contributed by atoms with Crippen molar-refractivity contribution in [3.63, 3.8) is 0 Å². The maximum absolute atomic E-state index is 6.10. The molecule has 0 N–H and O–H groups in total. The number of morpholine rings is 2. The van der Waals surface area contributed by atoms with Crippen LogP contribution in [-0.2, 0) is 9.47 Å². The Morgan fingerprint density at radius 3 is 1.26 bits per heavy atom. The molecule has 14 nitrogen and oxygen atoms in total. The second kappa shape index (κ2) is 18.4. The Labute approximate surface area is 327 Å². The van der Waals surface area contributed by atoms with Crippen molar-refractivity contribution in [1.29, 1.82) is 0 Å². The van der Waals surface area contributed by atoms with Crippen molar-refractivity contribution in [3.05, 3.63) is 71.0 Å². The zero-order chi connectivity index (χ0) is 37.3. The first-order valence-electron chi connectivity index (χ1n) is 18.5. The Hall–Kier alpha value is -4.18. The summed E-state index contributed by atoms with van der Waals surface area (Å²) in [5.74, 6) is 5.90. The summed E-state index contributed by atoms with van der Waals surface area (Å²) in [6.07, 6.45) is 3.56. The molecule has 0 unspecified atom stereocenters. The highest BCUT2D eigenvalue weighted by Crippen LogP contribution is 2.34. The van der Waals surface area contributed by atoms with Crippen molar-refractivity contribution < 1.29 is 18.9 Å². The number of benzene rings is 2. The fraction of sp³-hybridized carbons (Fsp3) is 0.474. The van der Waals surface area contributed by atoms with Crippen LogP contribution in [0.2, 0.25) is 10.0 Å². The number of nitrogens with zero attached hydrogens (tertiary/aromatic N) is 10. The number of halogens is 2. The zero-order valence-electron chi connectivity index (χ0n) is 30.9. The van der Waals surface area contributed by atoms with E-state index < -0.39 is 0 Å². The second-order valence-corrected chi connectivity index (χ2v) is 14.5. The minimum atomic E-state index is 0.650. The largest absolute Gasteiger partial charge is 0.452 e. The third kappa shape index (κ3) is 10.1. The number of rotatable bonds is 8. The third-order valence-electron chi connectivity index (χ3n) is 9.72. The zero-order valence-corrected chi connectivity index (χ0v) is 32.5. The summed E-state index contributed by atoms with van der Waals surface area (Å²) in [6, 6.07) is 14.7. The van der Waals surface area contributed by atoms with Gasteiger partial charge in [0, 0.05) is 88.6 Å². The van der Waals surface area contributed by atoms with Crippen LogP contribution >= 0.6 is 23.2 Å². The summed E-state index contributed by atoms with van der Waals surface area (Å²) in [7, 11) is 4.28. The molecule has 0 spiro atoms. The predicted molar refractivity (Wildman–Crippen MR) is 213 cm³/mol. The predicted octanol–water partition coefficient (Wildman–Crippen LogP) is 5.02. The molecule has 0 saturated carbocycles. The van der Waals surface area contributed by atoms with Crippen LogP contribution in [-0.4, -0.2) is 149 Å². The van der Waals surface area contributed by atoms with Gasteiger partial charge in [-0.2, -0.15) is 9.97 Å². The highest BCUT2D eigenvalue weighted by atomic mass is 35.5. The molecule has 8 rings (SSSR count). The van der Waals surface area contributed by atoms with Crippen LogP contribution in [0.25, 0.3) is 0 Å². The standard InChI is InChI=1S/2C19H24ClN5O2/c1-23-6-8-25(9-7-23)19-21-14-17(27-16-4-2-15(20)3-5-16)18(22-19)24-10-12-26-13-11-24;1-23-6-8-24(9-7-23)18-17(27-16-4-2-15(20)3-5-16)14-21-19(22-18)25-10-12-26-13-11-25/h2*2-5,14H,6-13H2,1H3. The number of ether oxygens (including phenoxy) is 4. The van der Waals surface area contributed by atoms with Gasteiger partial charge in [-0.1, -0.05) is 23.2 Å². The van der Waals surface area contributed by atoms with E-state index in [4.69, 9.17) is 52.1 Å². The molecule has 6 heterocycles. The van der Waals surface area contributed by atoms with Crippen LogP contribution in [0.1, 0.15) is 0 Å². The molecule has 4 aromatic rings. The molecule has 288 valence electrons. The Bertz CT molecular complexity index is 1780. The quantitative estimate of drug-likeness (QED) is 0.239. The van der Waals surface area contributed by atoms with Gasteiger partial charge in [0.2, 0.25) is 11.9 Å². The maximum Gasteiger partial charge on any atom is 0.227 e. The Kier molecular flexibility index (Phi) is 13.0. The highest BCUT2D eigenvalue weighted by Gasteiger charge is 2.25. The molecule has 54 heavy (non-hydrogen) atoms. The van der Waals surface area contributed by atoms with E-state index in [2.05, 4.69) is 53.5 Å². The normalized spacial score (nSPS) is 18.6. The molecule has 0 amide bonds. The fourth-order valence-electron chi connectivity index (χ4n) is 6.43. The number of aromatic nitrogens is 4. The molecule has 2 aromatic heterocycles. The van der Waals surface area contributed by atoms with Crippen molar-refractivity contribution in [2.24, 2.45) is 0 Å². The number of hydrogen-bond donors (Lipinski definition) is 0. The lowest BCUT2D eigenvalue weighted by Crippen LogP contribution is -2.45. The van der Waals surface area contributed by atoms with Crippen LogP contribution in [0.4, 0.5) is 23.5 Å². The number of likely N-dealkylation sites (N-methyl/N-ethyl adjacent to an activating group) is 2. The second-order valence-electron chi connectivity index (χ2n) is 13.6. The lowest BCUT2D eigenvalue weighted by Gasteiger charge is -2.34. The lowest BCUT2D eigenvalue weighted by atomic mass is 10.3. The smallest absolute Gasteiger partial charge is 0.227 e. The number of piperazine rings is 2. The van der Waals surface area contributed by atoms with Gasteiger partial charge in [-0.05, 0) is 62.6 Å². The van der Waals surface area contributed by atoms with E-state index in [9.17, 15) is 0 Å². The molecular formula is C38H48Cl2N10O4. The van der Waals surface area contributed by atoms with E-state index in [-0.39, 0.29) is 0 Å². The van der Waals surface area contributed by atoms with Crippen LogP contribution < -0.4 is 29.1 Å². The first kappa shape index (κ1) is 38.1. The van der Waals surface area contributed by atoms with E-state index in [1.165, 1.54) is 0 Å². The monoisotopic (exact) mass is 778 g/mol. The van der Waals surface area contributed by atoms with Gasteiger partial charge in [0.05, 0.1) is 38.8 Å². The topological polar surface area (TPSA) is 108 Å². The first-order chi connectivity index (χ1) is 26.4. The minimum Gasteiger partial charge on any atom is -0.452 e. The summed E-state index contributed by atoms with van der Waals surface area (Å²) >= 11 is 12.0. The Morgan fingerprint density at radius 1 is 0.481 bits per heavy atom. The van der Waals surface area contributed by atoms with Crippen molar-refractivity contribution >= 4 is 46.7 Å². The summed E-state index contributed by atoms with van der Waals surface area (Å²) < 4.78 is 23.1. The summed E-state index contributed by atoms with van der Waals surface area (Å²) in [4.78, 5) is 32.4. The maximum atomic E-state index is 6.10. The van der Waals surface area contributed by atoms with Gasteiger partial charge in [0.25, 0.3) is 0 Å². The molecule has 16 heteroatoms. The van der Waals surface area contributed by atoms with Gasteiger partial charge in [-0.15, -0.1) is 0 Å². The van der Waals surface area contributed by atoms with Gasteiger partial charge in [0.15, 0.2) is 23.1 Å². The summed E-state index contributed by atoms with van der Waals surface area (Å²) in [6.45, 7) is 13.7. The molecule has 0 radical (unpaired) electrons. The van der Waals surface area contributed by atoms with Crippen LogP contribution in [0.3, 0.4) is 0 Å². The van der Waals surface area contributed by atoms with Crippen molar-refractivity contribution in [3.8, 4) is 23.0 Å². The van der Waals surface area contributed by atoms with Gasteiger partial charge in [0.1, 0.15) is 11.5 Å². The molecule has 4 aliphatic rings. The molecule has 0 aliphatic carbocycles. The molecule has 4 saturated heterocycles. The van der Waals surface area contributed by atoms with Gasteiger partial charge in [-0.3, -0.25) is 0 Å². The molecular weight excluding hydrogens is 731 g/mol.